The first kappa shape index (κ1) is 13.1. The molecule has 0 unspecified atom stereocenters. The number of hydrogen-bond donors (Lipinski definition) is 1. The van der Waals surface area contributed by atoms with Crippen molar-refractivity contribution in [3.05, 3.63) is 30.5 Å². The smallest absolute Gasteiger partial charge is 0.185 e. The Bertz CT molecular complexity index is 731. The summed E-state index contributed by atoms with van der Waals surface area (Å²) in [4.78, 5) is 0.317. The van der Waals surface area contributed by atoms with Gasteiger partial charge in [-0.2, -0.15) is 5.10 Å². The van der Waals surface area contributed by atoms with Crippen molar-refractivity contribution in [2.45, 2.75) is 10.1 Å². The average molecular weight is 293 g/mol. The molecule has 0 amide bonds. The van der Waals surface area contributed by atoms with E-state index in [9.17, 15) is 8.42 Å². The van der Waals surface area contributed by atoms with Gasteiger partial charge in [0.1, 0.15) is 11.1 Å². The molecule has 0 bridgehead atoms. The molecule has 3 rings (SSSR count). The molecule has 0 radical (unpaired) electrons. The summed E-state index contributed by atoms with van der Waals surface area (Å²) in [6.45, 7) is 0.555. The van der Waals surface area contributed by atoms with Gasteiger partial charge in [0.25, 0.3) is 0 Å². The highest BCUT2D eigenvalue weighted by molar-refractivity contribution is 7.92. The van der Waals surface area contributed by atoms with E-state index in [2.05, 4.69) is 5.10 Å². The number of sulfone groups is 1. The average Bonchev–Trinajstić information content (AvgIpc) is 2.68. The summed E-state index contributed by atoms with van der Waals surface area (Å²) in [7, 11) is -1.53. The van der Waals surface area contributed by atoms with E-state index >= 15 is 0 Å². The van der Waals surface area contributed by atoms with Crippen molar-refractivity contribution >= 4 is 15.7 Å². The minimum atomic E-state index is -3.28. The topological polar surface area (TPSA) is 87.2 Å². The number of ether oxygens (including phenoxy) is 1. The van der Waals surface area contributed by atoms with Gasteiger partial charge in [-0.25, -0.2) is 8.42 Å². The lowest BCUT2D eigenvalue weighted by atomic mass is 10.1. The Labute approximate surface area is 117 Å². The first-order chi connectivity index (χ1) is 9.50. The summed E-state index contributed by atoms with van der Waals surface area (Å²) in [5.41, 5.74) is 7.54. The Morgan fingerprint density at radius 2 is 1.95 bits per heavy atom. The third kappa shape index (κ3) is 1.99. The van der Waals surface area contributed by atoms with Gasteiger partial charge in [0.05, 0.1) is 24.3 Å². The number of nitrogens with zero attached hydrogens (tertiary/aromatic N) is 2. The molecule has 2 heterocycles. The molecule has 0 atom stereocenters. The monoisotopic (exact) mass is 293 g/mol. The lowest BCUT2D eigenvalue weighted by Gasteiger charge is -2.25. The van der Waals surface area contributed by atoms with Gasteiger partial charge in [-0.15, -0.1) is 0 Å². The summed E-state index contributed by atoms with van der Waals surface area (Å²) in [5.74, 6) is 0.549. The Morgan fingerprint density at radius 1 is 1.30 bits per heavy atom. The van der Waals surface area contributed by atoms with Crippen LogP contribution in [0, 0.1) is 0 Å². The SMILES string of the molecule is Cn1ncc(-c2ccc(S(=O)(=O)C3COC3)cc2)c1N. The van der Waals surface area contributed by atoms with E-state index in [1.807, 2.05) is 0 Å². The van der Waals surface area contributed by atoms with Crippen molar-refractivity contribution in [3.8, 4) is 11.1 Å². The molecule has 1 aliphatic rings. The number of nitrogen functional groups attached to an aromatic ring is 1. The highest BCUT2D eigenvalue weighted by atomic mass is 32.2. The second-order valence-corrected chi connectivity index (χ2v) is 7.02. The predicted octanol–water partition coefficient (Wildman–Crippen LogP) is 0.842. The van der Waals surface area contributed by atoms with E-state index in [1.54, 1.807) is 42.2 Å². The van der Waals surface area contributed by atoms with Crippen LogP contribution in [0.3, 0.4) is 0 Å². The van der Waals surface area contributed by atoms with Gasteiger partial charge in [-0.05, 0) is 17.7 Å². The maximum atomic E-state index is 12.2. The van der Waals surface area contributed by atoms with Crippen molar-refractivity contribution in [1.29, 1.82) is 0 Å². The first-order valence-electron chi connectivity index (χ1n) is 6.19. The molecule has 2 aromatic rings. The lowest BCUT2D eigenvalue weighted by molar-refractivity contribution is 0.0416. The molecule has 1 saturated heterocycles. The predicted molar refractivity (Wildman–Crippen MR) is 74.8 cm³/mol. The normalized spacial score (nSPS) is 16.1. The number of hydrogen-bond acceptors (Lipinski definition) is 5. The maximum absolute atomic E-state index is 12.2. The van der Waals surface area contributed by atoms with Gasteiger partial charge in [0.15, 0.2) is 9.84 Å². The Kier molecular flexibility index (Phi) is 3.02. The molecule has 7 heteroatoms. The number of aryl methyl sites for hydroxylation is 1. The molecule has 106 valence electrons. The molecule has 1 aromatic carbocycles. The highest BCUT2D eigenvalue weighted by Crippen LogP contribution is 2.28. The largest absolute Gasteiger partial charge is 0.383 e. The standard InChI is InChI=1S/C13H15N3O3S/c1-16-13(14)12(6-15-16)9-2-4-10(5-3-9)20(17,18)11-7-19-8-11/h2-6,11H,7-8,14H2,1H3. The fourth-order valence-electron chi connectivity index (χ4n) is 2.08. The molecule has 1 aliphatic heterocycles. The van der Waals surface area contributed by atoms with Crippen LogP contribution in [0.2, 0.25) is 0 Å². The van der Waals surface area contributed by atoms with Crippen molar-refractivity contribution < 1.29 is 13.2 Å². The van der Waals surface area contributed by atoms with Crippen molar-refractivity contribution in [2.75, 3.05) is 18.9 Å². The van der Waals surface area contributed by atoms with Crippen LogP contribution in [0.15, 0.2) is 35.4 Å². The molecule has 6 nitrogen and oxygen atoms in total. The molecule has 20 heavy (non-hydrogen) atoms. The summed E-state index contributed by atoms with van der Waals surface area (Å²) in [6.07, 6.45) is 1.67. The van der Waals surface area contributed by atoms with E-state index in [4.69, 9.17) is 10.5 Å². The summed E-state index contributed by atoms with van der Waals surface area (Å²) in [5, 5.41) is 3.65. The number of aromatic nitrogens is 2. The third-order valence-electron chi connectivity index (χ3n) is 3.52. The molecule has 2 N–H and O–H groups in total. The number of rotatable bonds is 3. The first-order valence-corrected chi connectivity index (χ1v) is 7.74. The van der Waals surface area contributed by atoms with E-state index in [-0.39, 0.29) is 13.2 Å². The maximum Gasteiger partial charge on any atom is 0.185 e. The van der Waals surface area contributed by atoms with Crippen LogP contribution < -0.4 is 5.73 Å². The lowest BCUT2D eigenvalue weighted by Crippen LogP contribution is -2.40. The van der Waals surface area contributed by atoms with Crippen LogP contribution >= 0.6 is 0 Å². The highest BCUT2D eigenvalue weighted by Gasteiger charge is 2.33. The zero-order valence-corrected chi connectivity index (χ0v) is 11.8. The van der Waals surface area contributed by atoms with Gasteiger partial charge in [0, 0.05) is 12.6 Å². The van der Waals surface area contributed by atoms with Crippen LogP contribution in [0.4, 0.5) is 5.82 Å². The number of nitrogens with two attached hydrogens (primary N) is 1. The van der Waals surface area contributed by atoms with Crippen LogP contribution in [-0.2, 0) is 21.6 Å². The van der Waals surface area contributed by atoms with Gasteiger partial charge >= 0.3 is 0 Å². The summed E-state index contributed by atoms with van der Waals surface area (Å²) >= 11 is 0. The van der Waals surface area contributed by atoms with Crippen molar-refractivity contribution in [1.82, 2.24) is 9.78 Å². The number of benzene rings is 1. The molecule has 1 aromatic heterocycles. The Hall–Kier alpha value is -1.86. The minimum Gasteiger partial charge on any atom is -0.383 e. The van der Waals surface area contributed by atoms with Gasteiger partial charge in [0.2, 0.25) is 0 Å². The number of anilines is 1. The van der Waals surface area contributed by atoms with E-state index in [0.717, 1.165) is 11.1 Å². The molecule has 0 spiro atoms. The zero-order chi connectivity index (χ0) is 14.3. The van der Waals surface area contributed by atoms with Crippen molar-refractivity contribution in [2.24, 2.45) is 7.05 Å². The second kappa shape index (κ2) is 4.60. The van der Waals surface area contributed by atoms with Crippen LogP contribution in [0.25, 0.3) is 11.1 Å². The van der Waals surface area contributed by atoms with E-state index in [0.29, 0.717) is 10.7 Å². The molecular weight excluding hydrogens is 278 g/mol. The van der Waals surface area contributed by atoms with E-state index in [1.165, 1.54) is 0 Å². The van der Waals surface area contributed by atoms with Gasteiger partial charge < -0.3 is 10.5 Å². The molecule has 0 aliphatic carbocycles. The van der Waals surface area contributed by atoms with E-state index < -0.39 is 15.1 Å². The second-order valence-electron chi connectivity index (χ2n) is 4.80. The third-order valence-corrected chi connectivity index (χ3v) is 5.60. The van der Waals surface area contributed by atoms with Gasteiger partial charge in [-0.1, -0.05) is 12.1 Å². The quantitative estimate of drug-likeness (QED) is 0.906. The molecule has 1 fully saturated rings. The molecular formula is C13H15N3O3S. The summed E-state index contributed by atoms with van der Waals surface area (Å²) < 4.78 is 30.9. The molecule has 0 saturated carbocycles. The Balaban J connectivity index is 1.94. The van der Waals surface area contributed by atoms with Crippen molar-refractivity contribution in [3.63, 3.8) is 0 Å². The van der Waals surface area contributed by atoms with Crippen LogP contribution in [0.1, 0.15) is 0 Å². The van der Waals surface area contributed by atoms with Crippen LogP contribution in [0.5, 0.6) is 0 Å². The minimum absolute atomic E-state index is 0.277. The fourth-order valence-corrected chi connectivity index (χ4v) is 3.53. The summed E-state index contributed by atoms with van der Waals surface area (Å²) in [6, 6.07) is 6.71. The Morgan fingerprint density at radius 3 is 2.40 bits per heavy atom. The van der Waals surface area contributed by atoms with Gasteiger partial charge in [-0.3, -0.25) is 4.68 Å². The zero-order valence-electron chi connectivity index (χ0n) is 11.0. The van der Waals surface area contributed by atoms with Crippen LogP contribution in [-0.4, -0.2) is 36.7 Å². The fraction of sp³-hybridized carbons (Fsp3) is 0.308.